The number of aliphatic hydroxyl groups excluding tert-OH is 1. The van der Waals surface area contributed by atoms with Gasteiger partial charge in [0, 0.05) is 35.7 Å². The largest absolute Gasteiger partial charge is 0.388 e. The number of aliphatic hydroxyl groups is 1. The van der Waals surface area contributed by atoms with Gasteiger partial charge in [-0.05, 0) is 44.4 Å². The van der Waals surface area contributed by atoms with E-state index in [1.165, 1.54) is 0 Å². The number of pyridine rings is 1. The van der Waals surface area contributed by atoms with Crippen LogP contribution < -0.4 is 10.6 Å². The maximum Gasteiger partial charge on any atom is 0.170 e. The number of anilines is 1. The lowest BCUT2D eigenvalue weighted by Crippen LogP contribution is -2.51. The Morgan fingerprint density at radius 1 is 1.25 bits per heavy atom. The van der Waals surface area contributed by atoms with Crippen LogP contribution in [0.2, 0.25) is 10.0 Å². The molecule has 2 fully saturated rings. The normalized spacial score (nSPS) is 22.9. The van der Waals surface area contributed by atoms with Crippen LogP contribution >= 0.6 is 23.2 Å². The lowest BCUT2D eigenvalue weighted by molar-refractivity contribution is 0.0974. The van der Waals surface area contributed by atoms with Crippen LogP contribution in [-0.4, -0.2) is 51.5 Å². The molecule has 32 heavy (non-hydrogen) atoms. The van der Waals surface area contributed by atoms with E-state index in [4.69, 9.17) is 33.7 Å². The molecule has 0 amide bonds. The smallest absolute Gasteiger partial charge is 0.170 e. The van der Waals surface area contributed by atoms with E-state index in [-0.39, 0.29) is 24.2 Å². The SMILES string of the molecule is Cc1cc(N2CCC3(CC2)COC(C)[C@H]3N)n2c(CO)nnc2c1-c1cccc(Cl)c1Cl. The summed E-state index contributed by atoms with van der Waals surface area (Å²) in [5.74, 6) is 1.45. The first-order valence-corrected chi connectivity index (χ1v) is 11.7. The molecule has 2 aliphatic heterocycles. The average molecular weight is 476 g/mol. The van der Waals surface area contributed by atoms with Gasteiger partial charge in [0.15, 0.2) is 11.5 Å². The fraction of sp³-hybridized carbons (Fsp3) is 0.478. The zero-order valence-electron chi connectivity index (χ0n) is 18.2. The number of aryl methyl sites for hydroxylation is 1. The van der Waals surface area contributed by atoms with Crippen molar-refractivity contribution in [3.8, 4) is 11.1 Å². The van der Waals surface area contributed by atoms with Gasteiger partial charge in [0.25, 0.3) is 0 Å². The van der Waals surface area contributed by atoms with Crippen molar-refractivity contribution in [2.75, 3.05) is 24.6 Å². The maximum atomic E-state index is 9.99. The summed E-state index contributed by atoms with van der Waals surface area (Å²) in [5.41, 5.74) is 9.87. The van der Waals surface area contributed by atoms with Crippen LogP contribution in [0, 0.1) is 12.3 Å². The third-order valence-electron chi connectivity index (χ3n) is 7.21. The highest BCUT2D eigenvalue weighted by atomic mass is 35.5. The molecule has 2 aromatic heterocycles. The molecule has 3 N–H and O–H groups in total. The highest BCUT2D eigenvalue weighted by Gasteiger charge is 2.47. The molecule has 7 nitrogen and oxygen atoms in total. The van der Waals surface area contributed by atoms with Gasteiger partial charge < -0.3 is 20.5 Å². The van der Waals surface area contributed by atoms with Crippen LogP contribution in [0.4, 0.5) is 5.82 Å². The molecular formula is C23H27Cl2N5O2. The van der Waals surface area contributed by atoms with Crippen LogP contribution in [0.25, 0.3) is 16.8 Å². The second kappa shape index (κ2) is 8.15. The minimum atomic E-state index is -0.214. The zero-order chi connectivity index (χ0) is 22.6. The van der Waals surface area contributed by atoms with Crippen molar-refractivity contribution < 1.29 is 9.84 Å². The van der Waals surface area contributed by atoms with Gasteiger partial charge in [-0.25, -0.2) is 0 Å². The minimum Gasteiger partial charge on any atom is -0.388 e. The predicted octanol–water partition coefficient (Wildman–Crippen LogP) is 3.84. The number of hydrogen-bond acceptors (Lipinski definition) is 6. The second-order valence-corrected chi connectivity index (χ2v) is 9.77. The van der Waals surface area contributed by atoms with E-state index in [0.29, 0.717) is 21.5 Å². The van der Waals surface area contributed by atoms with Crippen LogP contribution in [0.15, 0.2) is 24.3 Å². The summed E-state index contributed by atoms with van der Waals surface area (Å²) in [4.78, 5) is 2.33. The summed E-state index contributed by atoms with van der Waals surface area (Å²) in [6.45, 7) is 6.30. The third kappa shape index (κ3) is 3.30. The molecule has 2 atom stereocenters. The molecule has 1 spiro atoms. The maximum absolute atomic E-state index is 9.99. The Labute approximate surface area is 197 Å². The van der Waals surface area contributed by atoms with E-state index in [2.05, 4.69) is 28.1 Å². The topological polar surface area (TPSA) is 88.9 Å². The van der Waals surface area contributed by atoms with Gasteiger partial charge in [-0.3, -0.25) is 4.40 Å². The van der Waals surface area contributed by atoms with Gasteiger partial charge in [-0.15, -0.1) is 10.2 Å². The first-order chi connectivity index (χ1) is 15.4. The highest BCUT2D eigenvalue weighted by molar-refractivity contribution is 6.43. The number of fused-ring (bicyclic) bond motifs is 1. The fourth-order valence-corrected chi connectivity index (χ4v) is 5.64. The van der Waals surface area contributed by atoms with E-state index in [1.807, 2.05) is 23.5 Å². The lowest BCUT2D eigenvalue weighted by atomic mass is 9.73. The predicted molar refractivity (Wildman–Crippen MR) is 126 cm³/mol. The monoisotopic (exact) mass is 475 g/mol. The van der Waals surface area contributed by atoms with Crippen molar-refractivity contribution in [1.82, 2.24) is 14.6 Å². The Hall–Kier alpha value is -1.90. The Bertz CT molecular complexity index is 1170. The number of ether oxygens (including phenoxy) is 1. The van der Waals surface area contributed by atoms with Crippen LogP contribution in [0.5, 0.6) is 0 Å². The number of benzene rings is 1. The molecule has 2 aliphatic rings. The van der Waals surface area contributed by atoms with Gasteiger partial charge in [0.05, 0.1) is 22.8 Å². The van der Waals surface area contributed by atoms with Crippen molar-refractivity contribution >= 4 is 34.7 Å². The molecule has 170 valence electrons. The van der Waals surface area contributed by atoms with E-state index in [9.17, 15) is 5.11 Å². The fourth-order valence-electron chi connectivity index (χ4n) is 5.24. The van der Waals surface area contributed by atoms with Crippen LogP contribution in [0.1, 0.15) is 31.2 Å². The summed E-state index contributed by atoms with van der Waals surface area (Å²) in [6.07, 6.45) is 2.01. The summed E-state index contributed by atoms with van der Waals surface area (Å²) >= 11 is 12.8. The zero-order valence-corrected chi connectivity index (χ0v) is 19.7. The molecule has 0 bridgehead atoms. The summed E-state index contributed by atoms with van der Waals surface area (Å²) in [7, 11) is 0. The number of rotatable bonds is 3. The lowest BCUT2D eigenvalue weighted by Gasteiger charge is -2.42. The van der Waals surface area contributed by atoms with E-state index < -0.39 is 0 Å². The number of piperidine rings is 1. The van der Waals surface area contributed by atoms with Crippen molar-refractivity contribution in [2.45, 2.75) is 45.4 Å². The van der Waals surface area contributed by atoms with Crippen molar-refractivity contribution in [3.63, 3.8) is 0 Å². The molecule has 1 unspecified atom stereocenters. The molecular weight excluding hydrogens is 449 g/mol. The van der Waals surface area contributed by atoms with Crippen molar-refractivity contribution in [1.29, 1.82) is 0 Å². The molecule has 2 saturated heterocycles. The van der Waals surface area contributed by atoms with E-state index >= 15 is 0 Å². The Kier molecular flexibility index (Phi) is 5.58. The third-order valence-corrected chi connectivity index (χ3v) is 8.03. The minimum absolute atomic E-state index is 0.0331. The Morgan fingerprint density at radius 2 is 2.00 bits per heavy atom. The number of aromatic nitrogens is 3. The van der Waals surface area contributed by atoms with Crippen LogP contribution in [0.3, 0.4) is 0 Å². The number of nitrogens with two attached hydrogens (primary N) is 1. The molecule has 5 rings (SSSR count). The van der Waals surface area contributed by atoms with E-state index in [1.54, 1.807) is 6.07 Å². The molecule has 0 radical (unpaired) electrons. The van der Waals surface area contributed by atoms with Crippen molar-refractivity contribution in [2.24, 2.45) is 11.1 Å². The number of nitrogens with zero attached hydrogens (tertiary/aromatic N) is 4. The summed E-state index contributed by atoms with van der Waals surface area (Å²) in [5, 5.41) is 19.6. The molecule has 4 heterocycles. The van der Waals surface area contributed by atoms with Gasteiger partial charge in [0.2, 0.25) is 0 Å². The first-order valence-electron chi connectivity index (χ1n) is 10.9. The summed E-state index contributed by atoms with van der Waals surface area (Å²) in [6, 6.07) is 7.74. The number of halogens is 2. The highest BCUT2D eigenvalue weighted by Crippen LogP contribution is 2.43. The molecule has 1 aromatic carbocycles. The molecule has 3 aromatic rings. The molecule has 0 aliphatic carbocycles. The van der Waals surface area contributed by atoms with Crippen LogP contribution in [-0.2, 0) is 11.3 Å². The second-order valence-electron chi connectivity index (χ2n) is 8.99. The van der Waals surface area contributed by atoms with Crippen molar-refractivity contribution in [3.05, 3.63) is 45.7 Å². The first kappa shape index (κ1) is 21.9. The van der Waals surface area contributed by atoms with Gasteiger partial charge in [-0.2, -0.15) is 0 Å². The summed E-state index contributed by atoms with van der Waals surface area (Å²) < 4.78 is 7.81. The standard InChI is InChI=1S/C23H27Cl2N5O2/c1-13-10-18(29-8-6-23(7-9-29)12-32-14(2)21(23)26)30-17(11-31)27-28-22(30)19(13)15-4-3-5-16(24)20(15)25/h3-5,10,14,21,31H,6-9,11-12,26H2,1-2H3/t14?,21-/m1/s1. The molecule has 9 heteroatoms. The molecule has 0 saturated carbocycles. The number of hydrogen-bond donors (Lipinski definition) is 2. The van der Waals surface area contributed by atoms with E-state index in [0.717, 1.165) is 55.0 Å². The van der Waals surface area contributed by atoms with Gasteiger partial charge >= 0.3 is 0 Å². The quantitative estimate of drug-likeness (QED) is 0.598. The van der Waals surface area contributed by atoms with Gasteiger partial charge in [0.1, 0.15) is 12.4 Å². The Morgan fingerprint density at radius 3 is 2.66 bits per heavy atom. The average Bonchev–Trinajstić information content (AvgIpc) is 3.33. The van der Waals surface area contributed by atoms with Gasteiger partial charge in [-0.1, -0.05) is 35.3 Å². The Balaban J connectivity index is 1.58.